The zero-order chi connectivity index (χ0) is 11.6. The van der Waals surface area contributed by atoms with Crippen LogP contribution in [-0.4, -0.2) is 19.9 Å². The molecule has 82 valence electrons. The number of sulfone groups is 1. The van der Waals surface area contributed by atoms with E-state index in [1.54, 1.807) is 18.2 Å². The van der Waals surface area contributed by atoms with Gasteiger partial charge in [0, 0.05) is 11.8 Å². The van der Waals surface area contributed by atoms with E-state index in [0.29, 0.717) is 5.56 Å². The average Bonchev–Trinajstić information content (AvgIpc) is 2.05. The molecule has 0 unspecified atom stereocenters. The van der Waals surface area contributed by atoms with Crippen molar-refractivity contribution >= 4 is 26.7 Å². The molecular formula is C10H11ClO3S. The van der Waals surface area contributed by atoms with E-state index in [1.165, 1.54) is 0 Å². The molecule has 1 aromatic rings. The van der Waals surface area contributed by atoms with Crippen molar-refractivity contribution in [3.05, 3.63) is 34.9 Å². The Morgan fingerprint density at radius 3 is 2.47 bits per heavy atom. The zero-order valence-electron chi connectivity index (χ0n) is 8.45. The van der Waals surface area contributed by atoms with Gasteiger partial charge in [-0.25, -0.2) is 8.42 Å². The van der Waals surface area contributed by atoms with E-state index in [4.69, 9.17) is 11.6 Å². The van der Waals surface area contributed by atoms with Crippen molar-refractivity contribution in [3.8, 4) is 0 Å². The largest absolute Gasteiger partial charge is 0.276 e. The third-order valence-corrected chi connectivity index (χ3v) is 2.93. The first-order chi connectivity index (χ1) is 6.79. The van der Waals surface area contributed by atoms with Gasteiger partial charge < -0.3 is 0 Å². The van der Waals surface area contributed by atoms with Gasteiger partial charge in [-0.1, -0.05) is 17.7 Å². The summed E-state index contributed by atoms with van der Waals surface area (Å²) in [7, 11) is -3.16. The molecule has 0 saturated heterocycles. The third kappa shape index (κ3) is 3.64. The first-order valence-electron chi connectivity index (χ1n) is 4.26. The molecular weight excluding hydrogens is 236 g/mol. The van der Waals surface area contributed by atoms with Gasteiger partial charge in [0.2, 0.25) is 0 Å². The summed E-state index contributed by atoms with van der Waals surface area (Å²) in [5.74, 6) is -0.166. The normalized spacial score (nSPS) is 11.4. The number of hydrogen-bond donors (Lipinski definition) is 0. The molecule has 0 N–H and O–H groups in total. The highest BCUT2D eigenvalue weighted by Crippen LogP contribution is 2.16. The van der Waals surface area contributed by atoms with Crippen molar-refractivity contribution in [2.45, 2.75) is 12.7 Å². The fourth-order valence-electron chi connectivity index (χ4n) is 1.28. The monoisotopic (exact) mass is 246 g/mol. The summed E-state index contributed by atoms with van der Waals surface area (Å²) < 4.78 is 22.2. The number of aryl methyl sites for hydroxylation is 1. The Morgan fingerprint density at radius 1 is 1.40 bits per heavy atom. The molecule has 1 rings (SSSR count). The SMILES string of the molecule is Cc1ccc(CS(C)(=O)=O)c(C(=O)Cl)c1. The first kappa shape index (κ1) is 12.2. The first-order valence-corrected chi connectivity index (χ1v) is 6.70. The van der Waals surface area contributed by atoms with Gasteiger partial charge in [0.1, 0.15) is 0 Å². The summed E-state index contributed by atoms with van der Waals surface area (Å²) in [5, 5.41) is -0.627. The van der Waals surface area contributed by atoms with Gasteiger partial charge in [-0.05, 0) is 30.2 Å². The van der Waals surface area contributed by atoms with E-state index in [1.807, 2.05) is 6.92 Å². The summed E-state index contributed by atoms with van der Waals surface area (Å²) in [6.45, 7) is 1.81. The molecule has 1 aromatic carbocycles. The van der Waals surface area contributed by atoms with Crippen molar-refractivity contribution in [2.24, 2.45) is 0 Å². The van der Waals surface area contributed by atoms with Gasteiger partial charge in [-0.15, -0.1) is 0 Å². The van der Waals surface area contributed by atoms with E-state index >= 15 is 0 Å². The third-order valence-electron chi connectivity index (χ3n) is 1.89. The molecule has 0 aliphatic rings. The number of rotatable bonds is 3. The highest BCUT2D eigenvalue weighted by atomic mass is 35.5. The molecule has 0 spiro atoms. The molecule has 0 amide bonds. The topological polar surface area (TPSA) is 51.2 Å². The Labute approximate surface area is 94.0 Å². The number of carbonyl (C=O) groups excluding carboxylic acids is 1. The highest BCUT2D eigenvalue weighted by Gasteiger charge is 2.13. The molecule has 0 aromatic heterocycles. The molecule has 0 bridgehead atoms. The molecule has 5 heteroatoms. The van der Waals surface area contributed by atoms with E-state index in [0.717, 1.165) is 11.8 Å². The van der Waals surface area contributed by atoms with Gasteiger partial charge in [-0.2, -0.15) is 0 Å². The lowest BCUT2D eigenvalue weighted by Gasteiger charge is -2.05. The minimum Gasteiger partial charge on any atom is -0.276 e. The predicted octanol–water partition coefficient (Wildman–Crippen LogP) is 1.92. The van der Waals surface area contributed by atoms with Crippen LogP contribution in [0.2, 0.25) is 0 Å². The summed E-state index contributed by atoms with van der Waals surface area (Å²) in [6.07, 6.45) is 1.12. The second-order valence-corrected chi connectivity index (χ2v) is 5.99. The van der Waals surface area contributed by atoms with Crippen molar-refractivity contribution in [1.82, 2.24) is 0 Å². The van der Waals surface area contributed by atoms with Crippen molar-refractivity contribution in [3.63, 3.8) is 0 Å². The molecule has 15 heavy (non-hydrogen) atoms. The van der Waals surface area contributed by atoms with Gasteiger partial charge in [0.15, 0.2) is 9.84 Å². The van der Waals surface area contributed by atoms with Crippen molar-refractivity contribution in [1.29, 1.82) is 0 Å². The lowest BCUT2D eigenvalue weighted by atomic mass is 10.1. The molecule has 0 saturated carbocycles. The van der Waals surface area contributed by atoms with E-state index in [2.05, 4.69) is 0 Å². The maximum atomic E-state index is 11.1. The van der Waals surface area contributed by atoms with Gasteiger partial charge in [0.05, 0.1) is 5.75 Å². The minimum absolute atomic E-state index is 0.166. The maximum absolute atomic E-state index is 11.1. The van der Waals surface area contributed by atoms with E-state index in [-0.39, 0.29) is 11.3 Å². The summed E-state index contributed by atoms with van der Waals surface area (Å²) >= 11 is 5.38. The van der Waals surface area contributed by atoms with Gasteiger partial charge in [0.25, 0.3) is 5.24 Å². The number of carbonyl (C=O) groups is 1. The van der Waals surface area contributed by atoms with Gasteiger partial charge >= 0.3 is 0 Å². The Kier molecular flexibility index (Phi) is 3.52. The lowest BCUT2D eigenvalue weighted by Crippen LogP contribution is -2.05. The molecule has 3 nitrogen and oxygen atoms in total. The quantitative estimate of drug-likeness (QED) is 0.766. The van der Waals surface area contributed by atoms with E-state index < -0.39 is 15.1 Å². The molecule has 0 atom stereocenters. The van der Waals surface area contributed by atoms with Crippen LogP contribution in [0.3, 0.4) is 0 Å². The molecule has 0 aliphatic heterocycles. The predicted molar refractivity (Wildman–Crippen MR) is 59.9 cm³/mol. The van der Waals surface area contributed by atoms with E-state index in [9.17, 15) is 13.2 Å². The Balaban J connectivity index is 3.24. The molecule has 0 radical (unpaired) electrons. The number of hydrogen-bond acceptors (Lipinski definition) is 3. The standard InChI is InChI=1S/C10H11ClO3S/c1-7-3-4-8(6-15(2,13)14)9(5-7)10(11)12/h3-5H,6H2,1-2H3. The molecule has 0 aliphatic carbocycles. The van der Waals surface area contributed by atoms with Crippen LogP contribution in [0.4, 0.5) is 0 Å². The van der Waals surface area contributed by atoms with Crippen LogP contribution in [0, 0.1) is 6.92 Å². The fourth-order valence-corrected chi connectivity index (χ4v) is 2.27. The number of benzene rings is 1. The summed E-state index contributed by atoms with van der Waals surface area (Å²) in [6, 6.07) is 4.96. The molecule has 0 fully saturated rings. The van der Waals surface area contributed by atoms with Gasteiger partial charge in [-0.3, -0.25) is 4.79 Å². The van der Waals surface area contributed by atoms with Crippen LogP contribution in [-0.2, 0) is 15.6 Å². The summed E-state index contributed by atoms with van der Waals surface area (Å²) in [5.41, 5.74) is 1.58. The second kappa shape index (κ2) is 4.33. The van der Waals surface area contributed by atoms with Crippen LogP contribution in [0.5, 0.6) is 0 Å². The van der Waals surface area contributed by atoms with Crippen molar-refractivity contribution in [2.75, 3.05) is 6.26 Å². The summed E-state index contributed by atoms with van der Waals surface area (Å²) in [4.78, 5) is 11.1. The zero-order valence-corrected chi connectivity index (χ0v) is 10.0. The van der Waals surface area contributed by atoms with Crippen LogP contribution < -0.4 is 0 Å². The maximum Gasteiger partial charge on any atom is 0.252 e. The van der Waals surface area contributed by atoms with Crippen molar-refractivity contribution < 1.29 is 13.2 Å². The van der Waals surface area contributed by atoms with Crippen LogP contribution in [0.25, 0.3) is 0 Å². The Bertz CT molecular complexity index is 491. The molecule has 0 heterocycles. The lowest BCUT2D eigenvalue weighted by molar-refractivity contribution is 0.108. The Hall–Kier alpha value is -0.870. The van der Waals surface area contributed by atoms with Crippen LogP contribution in [0.1, 0.15) is 21.5 Å². The minimum atomic E-state index is -3.16. The fraction of sp³-hybridized carbons (Fsp3) is 0.300. The smallest absolute Gasteiger partial charge is 0.252 e. The number of halogens is 1. The van der Waals surface area contributed by atoms with Crippen LogP contribution >= 0.6 is 11.6 Å². The second-order valence-electron chi connectivity index (χ2n) is 3.50. The van der Waals surface area contributed by atoms with Crippen LogP contribution in [0.15, 0.2) is 18.2 Å². The highest BCUT2D eigenvalue weighted by molar-refractivity contribution is 7.89. The average molecular weight is 247 g/mol. The Morgan fingerprint density at radius 2 is 2.00 bits per heavy atom.